The zero-order chi connectivity index (χ0) is 23.0. The van der Waals surface area contributed by atoms with E-state index in [-0.39, 0.29) is 18.1 Å². The van der Waals surface area contributed by atoms with Crippen LogP contribution in [-0.4, -0.2) is 50.5 Å². The first-order chi connectivity index (χ1) is 15.4. The van der Waals surface area contributed by atoms with Crippen LogP contribution >= 0.6 is 19.2 Å². The van der Waals surface area contributed by atoms with Gasteiger partial charge in [0, 0.05) is 29.8 Å². The lowest BCUT2D eigenvalue weighted by molar-refractivity contribution is -0.121. The van der Waals surface area contributed by atoms with E-state index >= 15 is 0 Å². The minimum atomic E-state index is -3.16. The van der Waals surface area contributed by atoms with E-state index in [9.17, 15) is 9.36 Å². The Morgan fingerprint density at radius 3 is 2.25 bits per heavy atom. The lowest BCUT2D eigenvalue weighted by Gasteiger charge is -2.35. The highest BCUT2D eigenvalue weighted by molar-refractivity contribution is 7.53. The third-order valence-electron chi connectivity index (χ3n) is 5.20. The predicted octanol–water partition coefficient (Wildman–Crippen LogP) is 4.07. The number of benzene rings is 2. The van der Waals surface area contributed by atoms with Gasteiger partial charge in [0.05, 0.1) is 32.0 Å². The first-order valence-corrected chi connectivity index (χ1v) is 13.0. The maximum absolute atomic E-state index is 13.5. The molecule has 0 spiro atoms. The fourth-order valence-electron chi connectivity index (χ4n) is 3.69. The Labute approximate surface area is 195 Å². The number of halogens is 1. The van der Waals surface area contributed by atoms with Gasteiger partial charge in [-0.1, -0.05) is 41.9 Å². The molecule has 1 aliphatic rings. The van der Waals surface area contributed by atoms with Crippen molar-refractivity contribution in [1.82, 2.24) is 10.6 Å². The Balaban J connectivity index is 1.68. The first kappa shape index (κ1) is 24.9. The SMILES string of the molecule is CCOP(=O)(CC1CNC(C(=O)N(Cc2ccccc2)c2ccc(Cl)cc2)CN1)OCC. The number of nitrogens with one attached hydrogen (secondary N) is 2. The number of carbonyl (C=O) groups excluding carboxylic acids is 1. The van der Waals surface area contributed by atoms with Crippen molar-refractivity contribution in [1.29, 1.82) is 0 Å². The number of amides is 1. The molecule has 0 saturated carbocycles. The Bertz CT molecular complexity index is 895. The van der Waals surface area contributed by atoms with Gasteiger partial charge in [-0.25, -0.2) is 0 Å². The van der Waals surface area contributed by atoms with Crippen LogP contribution in [0.25, 0.3) is 0 Å². The molecule has 2 N–H and O–H groups in total. The Hall–Kier alpha value is -1.73. The van der Waals surface area contributed by atoms with Gasteiger partial charge >= 0.3 is 7.60 Å². The zero-order valence-corrected chi connectivity index (χ0v) is 20.1. The van der Waals surface area contributed by atoms with Crippen molar-refractivity contribution in [2.45, 2.75) is 32.5 Å². The van der Waals surface area contributed by atoms with E-state index in [1.165, 1.54) is 0 Å². The molecule has 9 heteroatoms. The average molecular weight is 480 g/mol. The van der Waals surface area contributed by atoms with E-state index in [0.717, 1.165) is 11.3 Å². The predicted molar refractivity (Wildman–Crippen MR) is 128 cm³/mol. The van der Waals surface area contributed by atoms with Gasteiger partial charge in [0.2, 0.25) is 5.91 Å². The van der Waals surface area contributed by atoms with E-state index < -0.39 is 13.6 Å². The van der Waals surface area contributed by atoms with Crippen molar-refractivity contribution >= 4 is 30.8 Å². The van der Waals surface area contributed by atoms with Crippen LogP contribution in [-0.2, 0) is 25.0 Å². The lowest BCUT2D eigenvalue weighted by Crippen LogP contribution is -2.61. The number of hydrogen-bond acceptors (Lipinski definition) is 6. The molecule has 0 radical (unpaired) electrons. The molecular formula is C23H31ClN3O4P. The summed E-state index contributed by atoms with van der Waals surface area (Å²) in [6.07, 6.45) is 0.257. The third kappa shape index (κ3) is 6.88. The van der Waals surface area contributed by atoms with Crippen LogP contribution in [0.15, 0.2) is 54.6 Å². The second kappa shape index (κ2) is 11.9. The summed E-state index contributed by atoms with van der Waals surface area (Å²) >= 11 is 6.05. The maximum atomic E-state index is 13.5. The maximum Gasteiger partial charge on any atom is 0.332 e. The topological polar surface area (TPSA) is 79.9 Å². The summed E-state index contributed by atoms with van der Waals surface area (Å²) in [5.74, 6) is -0.0417. The molecule has 1 aliphatic heterocycles. The molecule has 1 fully saturated rings. The smallest absolute Gasteiger partial charge is 0.310 e. The Morgan fingerprint density at radius 1 is 1.03 bits per heavy atom. The summed E-state index contributed by atoms with van der Waals surface area (Å²) in [4.78, 5) is 15.2. The van der Waals surface area contributed by atoms with Crippen molar-refractivity contribution < 1.29 is 18.4 Å². The largest absolute Gasteiger partial charge is 0.332 e. The molecule has 1 heterocycles. The monoisotopic (exact) mass is 479 g/mol. The van der Waals surface area contributed by atoms with Gasteiger partial charge in [-0.15, -0.1) is 0 Å². The van der Waals surface area contributed by atoms with E-state index in [4.69, 9.17) is 20.6 Å². The van der Waals surface area contributed by atoms with Gasteiger partial charge in [-0.2, -0.15) is 0 Å². The molecule has 2 atom stereocenters. The zero-order valence-electron chi connectivity index (χ0n) is 18.5. The molecular weight excluding hydrogens is 449 g/mol. The summed E-state index contributed by atoms with van der Waals surface area (Å²) in [5, 5.41) is 7.27. The van der Waals surface area contributed by atoms with Crippen molar-refractivity contribution in [2.24, 2.45) is 0 Å². The second-order valence-corrected chi connectivity index (χ2v) is 10.1. The molecule has 7 nitrogen and oxygen atoms in total. The molecule has 2 aromatic rings. The summed E-state index contributed by atoms with van der Waals surface area (Å²) in [6.45, 7) is 5.60. The third-order valence-corrected chi connectivity index (χ3v) is 7.65. The van der Waals surface area contributed by atoms with Gasteiger partial charge < -0.3 is 24.6 Å². The summed E-state index contributed by atoms with van der Waals surface area (Å²) in [6, 6.07) is 16.6. The Morgan fingerprint density at radius 2 is 1.69 bits per heavy atom. The Kier molecular flexibility index (Phi) is 9.29. The van der Waals surface area contributed by atoms with Gasteiger partial charge in [0.25, 0.3) is 0 Å². The fourth-order valence-corrected chi connectivity index (χ4v) is 5.69. The number of piperazine rings is 1. The lowest BCUT2D eigenvalue weighted by atomic mass is 10.1. The van der Waals surface area contributed by atoms with Gasteiger partial charge in [-0.3, -0.25) is 9.36 Å². The number of nitrogens with zero attached hydrogens (tertiary/aromatic N) is 1. The molecule has 1 amide bonds. The number of anilines is 1. The number of carbonyl (C=O) groups is 1. The fraction of sp³-hybridized carbons (Fsp3) is 0.435. The van der Waals surface area contributed by atoms with Gasteiger partial charge in [-0.05, 0) is 43.7 Å². The van der Waals surface area contributed by atoms with Crippen molar-refractivity contribution in [3.05, 3.63) is 65.2 Å². The van der Waals surface area contributed by atoms with Crippen LogP contribution in [0.4, 0.5) is 5.69 Å². The van der Waals surface area contributed by atoms with E-state index in [2.05, 4.69) is 10.6 Å². The molecule has 32 heavy (non-hydrogen) atoms. The molecule has 0 aliphatic carbocycles. The minimum absolute atomic E-state index is 0.0417. The van der Waals surface area contributed by atoms with E-state index in [1.807, 2.05) is 42.5 Å². The number of hydrogen-bond donors (Lipinski definition) is 2. The number of rotatable bonds is 10. The van der Waals surface area contributed by atoms with Crippen molar-refractivity contribution in [3.8, 4) is 0 Å². The van der Waals surface area contributed by atoms with Crippen LogP contribution in [0, 0.1) is 0 Å². The molecule has 1 saturated heterocycles. The van der Waals surface area contributed by atoms with Crippen LogP contribution in [0.1, 0.15) is 19.4 Å². The quantitative estimate of drug-likeness (QED) is 0.500. The molecule has 174 valence electrons. The van der Waals surface area contributed by atoms with Crippen LogP contribution in [0.5, 0.6) is 0 Å². The van der Waals surface area contributed by atoms with Crippen LogP contribution in [0.2, 0.25) is 5.02 Å². The normalized spacial score (nSPS) is 19.0. The van der Waals surface area contributed by atoms with E-state index in [0.29, 0.717) is 37.9 Å². The first-order valence-electron chi connectivity index (χ1n) is 10.9. The van der Waals surface area contributed by atoms with Crippen molar-refractivity contribution in [3.63, 3.8) is 0 Å². The highest BCUT2D eigenvalue weighted by Crippen LogP contribution is 2.48. The summed E-state index contributed by atoms with van der Waals surface area (Å²) in [5.41, 5.74) is 1.82. The molecule has 0 bridgehead atoms. The van der Waals surface area contributed by atoms with Crippen molar-refractivity contribution in [2.75, 3.05) is 37.4 Å². The summed E-state index contributed by atoms with van der Waals surface area (Å²) < 4.78 is 23.6. The highest BCUT2D eigenvalue weighted by Gasteiger charge is 2.34. The van der Waals surface area contributed by atoms with Gasteiger partial charge in [0.15, 0.2) is 0 Å². The minimum Gasteiger partial charge on any atom is -0.310 e. The van der Waals surface area contributed by atoms with Crippen LogP contribution < -0.4 is 15.5 Å². The van der Waals surface area contributed by atoms with E-state index in [1.54, 1.807) is 30.9 Å². The molecule has 2 unspecified atom stereocenters. The molecule has 2 aromatic carbocycles. The van der Waals surface area contributed by atoms with Crippen LogP contribution in [0.3, 0.4) is 0 Å². The van der Waals surface area contributed by atoms with Gasteiger partial charge in [0.1, 0.15) is 0 Å². The average Bonchev–Trinajstić information content (AvgIpc) is 2.79. The molecule has 0 aromatic heterocycles. The summed E-state index contributed by atoms with van der Waals surface area (Å²) in [7, 11) is -3.16. The molecule has 3 rings (SSSR count). The highest BCUT2D eigenvalue weighted by atomic mass is 35.5. The standard InChI is InChI=1S/C23H31ClN3O4P/c1-3-30-32(29,31-4-2)17-20-14-26-22(15-25-20)23(28)27(16-18-8-6-5-7-9-18)21-12-10-19(24)11-13-21/h5-13,20,22,25-26H,3-4,14-17H2,1-2H3. The second-order valence-electron chi connectivity index (χ2n) is 7.58.